The summed E-state index contributed by atoms with van der Waals surface area (Å²) in [6, 6.07) is 8.48. The molecule has 1 aliphatic heterocycles. The largest absolute Gasteiger partial charge is 0.342 e. The number of hydrogen-bond acceptors (Lipinski definition) is 1. The Morgan fingerprint density at radius 2 is 1.76 bits per heavy atom. The summed E-state index contributed by atoms with van der Waals surface area (Å²) in [5, 5.41) is 0. The van der Waals surface area contributed by atoms with Crippen molar-refractivity contribution in [3.05, 3.63) is 35.4 Å². The van der Waals surface area contributed by atoms with Crippen molar-refractivity contribution in [3.8, 4) is 0 Å². The number of rotatable bonds is 3. The minimum absolute atomic E-state index is 0.249. The van der Waals surface area contributed by atoms with Crippen LogP contribution in [0, 0.1) is 0 Å². The molecule has 0 N–H and O–H groups in total. The second kappa shape index (κ2) is 6.06. The van der Waals surface area contributed by atoms with E-state index in [4.69, 9.17) is 11.6 Å². The van der Waals surface area contributed by atoms with Gasteiger partial charge in [-0.3, -0.25) is 4.79 Å². The van der Waals surface area contributed by atoms with E-state index in [1.165, 1.54) is 11.1 Å². The first-order valence-electron chi connectivity index (χ1n) is 6.22. The van der Waals surface area contributed by atoms with Crippen molar-refractivity contribution < 1.29 is 4.79 Å². The fraction of sp³-hybridized carbons (Fsp3) is 0.500. The van der Waals surface area contributed by atoms with E-state index in [-0.39, 0.29) is 5.91 Å². The SMILES string of the molecule is O=C(CCCCl)N1CCc2ccccc2CC1. The minimum Gasteiger partial charge on any atom is -0.342 e. The quantitative estimate of drug-likeness (QED) is 0.757. The lowest BCUT2D eigenvalue weighted by atomic mass is 10.0. The summed E-state index contributed by atoms with van der Waals surface area (Å²) in [5.74, 6) is 0.818. The van der Waals surface area contributed by atoms with Crippen LogP contribution in [0.1, 0.15) is 24.0 Å². The van der Waals surface area contributed by atoms with Gasteiger partial charge in [-0.05, 0) is 30.4 Å². The molecule has 1 heterocycles. The molecule has 0 saturated heterocycles. The number of alkyl halides is 1. The van der Waals surface area contributed by atoms with E-state index in [9.17, 15) is 4.79 Å². The normalized spacial score (nSPS) is 15.2. The van der Waals surface area contributed by atoms with Crippen molar-refractivity contribution in [3.63, 3.8) is 0 Å². The van der Waals surface area contributed by atoms with Crippen molar-refractivity contribution in [1.82, 2.24) is 4.90 Å². The Bertz CT molecular complexity index is 365. The average molecular weight is 252 g/mol. The van der Waals surface area contributed by atoms with Crippen molar-refractivity contribution >= 4 is 17.5 Å². The first kappa shape index (κ1) is 12.4. The number of fused-ring (bicyclic) bond motifs is 1. The van der Waals surface area contributed by atoms with Gasteiger partial charge in [0, 0.05) is 25.4 Å². The van der Waals surface area contributed by atoms with Gasteiger partial charge >= 0.3 is 0 Å². The van der Waals surface area contributed by atoms with E-state index < -0.39 is 0 Å². The fourth-order valence-electron chi connectivity index (χ4n) is 2.29. The predicted octanol–water partition coefficient (Wildman–Crippen LogP) is 2.63. The number of halogens is 1. The predicted molar refractivity (Wildman–Crippen MR) is 70.4 cm³/mol. The van der Waals surface area contributed by atoms with E-state index in [0.29, 0.717) is 12.3 Å². The molecule has 0 atom stereocenters. The molecule has 0 unspecified atom stereocenters. The third kappa shape index (κ3) is 3.22. The highest BCUT2D eigenvalue weighted by atomic mass is 35.5. The van der Waals surface area contributed by atoms with Crippen LogP contribution < -0.4 is 0 Å². The van der Waals surface area contributed by atoms with Gasteiger partial charge in [0.15, 0.2) is 0 Å². The fourth-order valence-corrected chi connectivity index (χ4v) is 2.43. The molecule has 2 rings (SSSR count). The van der Waals surface area contributed by atoms with Crippen molar-refractivity contribution in [2.24, 2.45) is 0 Å². The van der Waals surface area contributed by atoms with Crippen LogP contribution in [0.4, 0.5) is 0 Å². The number of benzene rings is 1. The van der Waals surface area contributed by atoms with E-state index in [1.54, 1.807) is 0 Å². The van der Waals surface area contributed by atoms with E-state index >= 15 is 0 Å². The van der Waals surface area contributed by atoms with Crippen LogP contribution >= 0.6 is 11.6 Å². The molecule has 0 aliphatic carbocycles. The monoisotopic (exact) mass is 251 g/mol. The highest BCUT2D eigenvalue weighted by Crippen LogP contribution is 2.16. The zero-order chi connectivity index (χ0) is 12.1. The summed E-state index contributed by atoms with van der Waals surface area (Å²) in [5.41, 5.74) is 2.78. The van der Waals surface area contributed by atoms with Gasteiger partial charge in [0.25, 0.3) is 0 Å². The molecule has 1 amide bonds. The lowest BCUT2D eigenvalue weighted by molar-refractivity contribution is -0.131. The van der Waals surface area contributed by atoms with E-state index in [2.05, 4.69) is 24.3 Å². The molecule has 0 radical (unpaired) electrons. The third-order valence-corrected chi connectivity index (χ3v) is 3.56. The molecule has 17 heavy (non-hydrogen) atoms. The Hall–Kier alpha value is -1.02. The van der Waals surface area contributed by atoms with Crippen LogP contribution in [0.5, 0.6) is 0 Å². The molecule has 0 aromatic heterocycles. The second-order valence-electron chi connectivity index (χ2n) is 4.44. The Morgan fingerprint density at radius 3 is 2.29 bits per heavy atom. The zero-order valence-corrected chi connectivity index (χ0v) is 10.7. The summed E-state index contributed by atoms with van der Waals surface area (Å²) >= 11 is 5.62. The smallest absolute Gasteiger partial charge is 0.222 e. The molecule has 92 valence electrons. The van der Waals surface area contributed by atoms with Gasteiger partial charge < -0.3 is 4.90 Å². The van der Waals surface area contributed by atoms with Gasteiger partial charge in [0.2, 0.25) is 5.91 Å². The first-order valence-corrected chi connectivity index (χ1v) is 6.75. The maximum atomic E-state index is 11.9. The molecule has 0 saturated carbocycles. The van der Waals surface area contributed by atoms with E-state index in [0.717, 1.165) is 32.4 Å². The Balaban J connectivity index is 1.97. The highest BCUT2D eigenvalue weighted by Gasteiger charge is 2.17. The van der Waals surface area contributed by atoms with Gasteiger partial charge in [-0.25, -0.2) is 0 Å². The number of amides is 1. The standard InChI is InChI=1S/C14H18ClNO/c15-9-3-6-14(17)16-10-7-12-4-1-2-5-13(12)8-11-16/h1-2,4-5H,3,6-11H2. The van der Waals surface area contributed by atoms with Gasteiger partial charge in [-0.15, -0.1) is 11.6 Å². The van der Waals surface area contributed by atoms with Crippen molar-refractivity contribution in [2.45, 2.75) is 25.7 Å². The molecule has 0 fully saturated rings. The Morgan fingerprint density at radius 1 is 1.18 bits per heavy atom. The molecular weight excluding hydrogens is 234 g/mol. The van der Waals surface area contributed by atoms with Crippen LogP contribution in [-0.2, 0) is 17.6 Å². The summed E-state index contributed by atoms with van der Waals surface area (Å²) < 4.78 is 0. The first-order chi connectivity index (χ1) is 8.31. The highest BCUT2D eigenvalue weighted by molar-refractivity contribution is 6.17. The third-order valence-electron chi connectivity index (χ3n) is 3.30. The van der Waals surface area contributed by atoms with Crippen LogP contribution in [0.25, 0.3) is 0 Å². The molecular formula is C14H18ClNO. The van der Waals surface area contributed by atoms with Crippen molar-refractivity contribution in [2.75, 3.05) is 19.0 Å². The Labute approximate surface area is 108 Å². The summed E-state index contributed by atoms with van der Waals surface area (Å²) in [6.45, 7) is 1.69. The summed E-state index contributed by atoms with van der Waals surface area (Å²) in [7, 11) is 0. The molecule has 2 nitrogen and oxygen atoms in total. The molecule has 1 aromatic carbocycles. The van der Waals surface area contributed by atoms with Crippen LogP contribution in [0.15, 0.2) is 24.3 Å². The maximum Gasteiger partial charge on any atom is 0.222 e. The molecule has 0 bridgehead atoms. The minimum atomic E-state index is 0.249. The lowest BCUT2D eigenvalue weighted by Crippen LogP contribution is -2.33. The maximum absolute atomic E-state index is 11.9. The van der Waals surface area contributed by atoms with Crippen LogP contribution in [0.3, 0.4) is 0 Å². The molecule has 0 spiro atoms. The summed E-state index contributed by atoms with van der Waals surface area (Å²) in [4.78, 5) is 13.9. The second-order valence-corrected chi connectivity index (χ2v) is 4.82. The molecule has 3 heteroatoms. The van der Waals surface area contributed by atoms with Gasteiger partial charge in [-0.1, -0.05) is 24.3 Å². The molecule has 1 aromatic rings. The van der Waals surface area contributed by atoms with E-state index in [1.807, 2.05) is 4.90 Å². The van der Waals surface area contributed by atoms with Crippen LogP contribution in [0.2, 0.25) is 0 Å². The number of carbonyl (C=O) groups is 1. The van der Waals surface area contributed by atoms with Gasteiger partial charge in [0.05, 0.1) is 0 Å². The topological polar surface area (TPSA) is 20.3 Å². The Kier molecular flexibility index (Phi) is 4.43. The van der Waals surface area contributed by atoms with Crippen molar-refractivity contribution in [1.29, 1.82) is 0 Å². The summed E-state index contributed by atoms with van der Waals surface area (Å²) in [6.07, 6.45) is 3.31. The zero-order valence-electron chi connectivity index (χ0n) is 9.99. The van der Waals surface area contributed by atoms with Gasteiger partial charge in [-0.2, -0.15) is 0 Å². The lowest BCUT2D eigenvalue weighted by Gasteiger charge is -2.19. The molecule has 1 aliphatic rings. The van der Waals surface area contributed by atoms with Crippen LogP contribution in [-0.4, -0.2) is 29.8 Å². The average Bonchev–Trinajstić information content (AvgIpc) is 2.58. The number of nitrogens with zero attached hydrogens (tertiary/aromatic N) is 1. The van der Waals surface area contributed by atoms with Gasteiger partial charge in [0.1, 0.15) is 0 Å². The number of carbonyl (C=O) groups excluding carboxylic acids is 1. The number of hydrogen-bond donors (Lipinski definition) is 0.